The third kappa shape index (κ3) is 1.72. The maximum Gasteiger partial charge on any atom is 0.0643 e. The fraction of sp³-hybridized carbons (Fsp3) is 0.417. The van der Waals surface area contributed by atoms with Crippen molar-refractivity contribution in [2.45, 2.75) is 25.3 Å². The van der Waals surface area contributed by atoms with Crippen LogP contribution < -0.4 is 4.90 Å². The van der Waals surface area contributed by atoms with Crippen LogP contribution in [0.4, 0.5) is 5.69 Å². The summed E-state index contributed by atoms with van der Waals surface area (Å²) in [7, 11) is 0. The number of para-hydroxylation sites is 1. The molecule has 1 fully saturated rings. The van der Waals surface area contributed by atoms with Gasteiger partial charge in [0.25, 0.3) is 0 Å². The van der Waals surface area contributed by atoms with Gasteiger partial charge in [-0.15, -0.1) is 0 Å². The second-order valence-electron chi connectivity index (χ2n) is 3.69. The van der Waals surface area contributed by atoms with Crippen molar-refractivity contribution >= 4 is 5.69 Å². The highest BCUT2D eigenvalue weighted by Gasteiger charge is 2.23. The molecule has 1 saturated heterocycles. The van der Waals surface area contributed by atoms with Crippen LogP contribution in [0.1, 0.15) is 19.3 Å². The summed E-state index contributed by atoms with van der Waals surface area (Å²) in [6, 6.07) is 13.1. The van der Waals surface area contributed by atoms with Crippen molar-refractivity contribution in [2.24, 2.45) is 0 Å². The summed E-state index contributed by atoms with van der Waals surface area (Å²) < 4.78 is 0. The first-order valence-corrected chi connectivity index (χ1v) is 5.10. The summed E-state index contributed by atoms with van der Waals surface area (Å²) in [6.07, 6.45) is 3.01. The third-order valence-electron chi connectivity index (χ3n) is 2.79. The Bertz CT molecular complexity index is 326. The second-order valence-corrected chi connectivity index (χ2v) is 3.69. The number of hydrogen-bond acceptors (Lipinski definition) is 2. The molecule has 1 heterocycles. The van der Waals surface area contributed by atoms with Crippen molar-refractivity contribution in [3.63, 3.8) is 0 Å². The monoisotopic (exact) mass is 186 g/mol. The van der Waals surface area contributed by atoms with Crippen molar-refractivity contribution in [2.75, 3.05) is 11.4 Å². The van der Waals surface area contributed by atoms with Crippen LogP contribution in [-0.2, 0) is 0 Å². The minimum atomic E-state index is 0.433. The Morgan fingerprint density at radius 1 is 1.36 bits per heavy atom. The summed E-state index contributed by atoms with van der Waals surface area (Å²) in [5, 5.41) is 8.71. The van der Waals surface area contributed by atoms with E-state index in [0.29, 0.717) is 12.5 Å². The predicted octanol–water partition coefficient (Wildman–Crippen LogP) is 2.57. The molecule has 0 saturated carbocycles. The van der Waals surface area contributed by atoms with Crippen molar-refractivity contribution in [1.82, 2.24) is 0 Å². The highest BCUT2D eigenvalue weighted by atomic mass is 15.2. The standard InChI is InChI=1S/C12H14N2/c13-9-8-12-7-4-10-14(12)11-5-2-1-3-6-11/h1-3,5-6,12H,4,7-8,10H2. The summed E-state index contributed by atoms with van der Waals surface area (Å²) in [4.78, 5) is 2.35. The molecule has 0 aliphatic carbocycles. The molecule has 1 aromatic carbocycles. The van der Waals surface area contributed by atoms with E-state index in [2.05, 4.69) is 35.2 Å². The van der Waals surface area contributed by atoms with Gasteiger partial charge >= 0.3 is 0 Å². The number of hydrogen-bond donors (Lipinski definition) is 0. The molecule has 2 heteroatoms. The fourth-order valence-electron chi connectivity index (χ4n) is 2.11. The van der Waals surface area contributed by atoms with Gasteiger partial charge in [-0.1, -0.05) is 18.2 Å². The second kappa shape index (κ2) is 4.15. The lowest BCUT2D eigenvalue weighted by atomic mass is 10.1. The van der Waals surface area contributed by atoms with E-state index in [0.717, 1.165) is 13.0 Å². The summed E-state index contributed by atoms with van der Waals surface area (Å²) >= 11 is 0. The van der Waals surface area contributed by atoms with E-state index in [9.17, 15) is 0 Å². The van der Waals surface area contributed by atoms with Gasteiger partial charge in [0.2, 0.25) is 0 Å². The molecule has 14 heavy (non-hydrogen) atoms. The molecule has 1 aliphatic rings. The number of nitrogens with zero attached hydrogens (tertiary/aromatic N) is 2. The highest BCUT2D eigenvalue weighted by molar-refractivity contribution is 5.48. The van der Waals surface area contributed by atoms with Gasteiger partial charge in [-0.05, 0) is 25.0 Å². The van der Waals surface area contributed by atoms with Crippen LogP contribution in [0.3, 0.4) is 0 Å². The average Bonchev–Trinajstić information content (AvgIpc) is 2.68. The predicted molar refractivity (Wildman–Crippen MR) is 57.0 cm³/mol. The van der Waals surface area contributed by atoms with Crippen LogP contribution in [0.25, 0.3) is 0 Å². The van der Waals surface area contributed by atoms with Crippen LogP contribution in [0.5, 0.6) is 0 Å². The Balaban J connectivity index is 2.14. The molecular formula is C12H14N2. The van der Waals surface area contributed by atoms with Gasteiger partial charge in [0.1, 0.15) is 0 Å². The zero-order valence-corrected chi connectivity index (χ0v) is 8.19. The lowest BCUT2D eigenvalue weighted by Gasteiger charge is -2.24. The van der Waals surface area contributed by atoms with Gasteiger partial charge in [-0.25, -0.2) is 0 Å². The number of anilines is 1. The molecule has 0 N–H and O–H groups in total. The maximum atomic E-state index is 8.71. The van der Waals surface area contributed by atoms with Crippen LogP contribution >= 0.6 is 0 Å². The van der Waals surface area contributed by atoms with E-state index in [1.165, 1.54) is 12.1 Å². The first kappa shape index (κ1) is 9.08. The molecule has 1 aliphatic heterocycles. The van der Waals surface area contributed by atoms with Crippen LogP contribution in [0, 0.1) is 11.3 Å². The molecule has 1 aromatic rings. The summed E-state index contributed by atoms with van der Waals surface area (Å²) in [6.45, 7) is 1.09. The minimum absolute atomic E-state index is 0.433. The van der Waals surface area contributed by atoms with Crippen molar-refractivity contribution in [1.29, 1.82) is 5.26 Å². The van der Waals surface area contributed by atoms with Gasteiger partial charge in [-0.2, -0.15) is 5.26 Å². The molecule has 1 unspecified atom stereocenters. The van der Waals surface area contributed by atoms with Gasteiger partial charge in [0.05, 0.1) is 12.5 Å². The number of nitriles is 1. The molecule has 0 aromatic heterocycles. The molecule has 0 bridgehead atoms. The Morgan fingerprint density at radius 2 is 2.14 bits per heavy atom. The van der Waals surface area contributed by atoms with Crippen molar-refractivity contribution in [3.05, 3.63) is 30.3 Å². The van der Waals surface area contributed by atoms with Crippen molar-refractivity contribution in [3.8, 4) is 6.07 Å². The third-order valence-corrected chi connectivity index (χ3v) is 2.79. The summed E-state index contributed by atoms with van der Waals surface area (Å²) in [5.74, 6) is 0. The average molecular weight is 186 g/mol. The largest absolute Gasteiger partial charge is 0.368 e. The Hall–Kier alpha value is -1.49. The molecule has 0 spiro atoms. The highest BCUT2D eigenvalue weighted by Crippen LogP contribution is 2.26. The molecule has 2 nitrogen and oxygen atoms in total. The first-order chi connectivity index (χ1) is 6.92. The van der Waals surface area contributed by atoms with E-state index < -0.39 is 0 Å². The van der Waals surface area contributed by atoms with Gasteiger partial charge in [0, 0.05) is 18.3 Å². The van der Waals surface area contributed by atoms with Gasteiger partial charge < -0.3 is 4.90 Å². The van der Waals surface area contributed by atoms with E-state index in [1.807, 2.05) is 6.07 Å². The Labute approximate surface area is 84.8 Å². The zero-order valence-electron chi connectivity index (χ0n) is 8.19. The molecule has 1 atom stereocenters. The number of rotatable bonds is 2. The van der Waals surface area contributed by atoms with Gasteiger partial charge in [-0.3, -0.25) is 0 Å². The normalized spacial score (nSPS) is 20.8. The van der Waals surface area contributed by atoms with E-state index in [4.69, 9.17) is 5.26 Å². The SMILES string of the molecule is N#CCC1CCCN1c1ccccc1. The smallest absolute Gasteiger partial charge is 0.0643 e. The topological polar surface area (TPSA) is 27.0 Å². The fourth-order valence-corrected chi connectivity index (χ4v) is 2.11. The molecule has 0 radical (unpaired) electrons. The summed E-state index contributed by atoms with van der Waals surface area (Å²) in [5.41, 5.74) is 1.25. The molecule has 2 rings (SSSR count). The molecule has 72 valence electrons. The first-order valence-electron chi connectivity index (χ1n) is 5.10. The Morgan fingerprint density at radius 3 is 2.86 bits per heavy atom. The van der Waals surface area contributed by atoms with Crippen LogP contribution in [-0.4, -0.2) is 12.6 Å². The minimum Gasteiger partial charge on any atom is -0.368 e. The van der Waals surface area contributed by atoms with E-state index >= 15 is 0 Å². The van der Waals surface area contributed by atoms with Crippen LogP contribution in [0.15, 0.2) is 30.3 Å². The van der Waals surface area contributed by atoms with Crippen LogP contribution in [0.2, 0.25) is 0 Å². The lowest BCUT2D eigenvalue weighted by molar-refractivity contribution is 0.683. The number of benzene rings is 1. The molecular weight excluding hydrogens is 172 g/mol. The Kier molecular flexibility index (Phi) is 2.69. The lowest BCUT2D eigenvalue weighted by Crippen LogP contribution is -2.28. The maximum absolute atomic E-state index is 8.71. The molecule has 0 amide bonds. The van der Waals surface area contributed by atoms with Gasteiger partial charge in [0.15, 0.2) is 0 Å². The van der Waals surface area contributed by atoms with E-state index in [-0.39, 0.29) is 0 Å². The van der Waals surface area contributed by atoms with E-state index in [1.54, 1.807) is 0 Å². The zero-order chi connectivity index (χ0) is 9.80. The quantitative estimate of drug-likeness (QED) is 0.709. The van der Waals surface area contributed by atoms with Crippen molar-refractivity contribution < 1.29 is 0 Å².